The molecule has 2 aliphatic heterocycles. The number of ketones is 3. The van der Waals surface area contributed by atoms with Gasteiger partial charge in [0.25, 0.3) is 0 Å². The van der Waals surface area contributed by atoms with Crippen LogP contribution in [-0.4, -0.2) is 169 Å². The van der Waals surface area contributed by atoms with Crippen LogP contribution in [0, 0.1) is 11.8 Å². The van der Waals surface area contributed by atoms with Crippen molar-refractivity contribution >= 4 is 65.1 Å². The average molecular weight is 1060 g/mol. The number of likely N-dealkylation sites (tertiary alicyclic amines) is 1. The van der Waals surface area contributed by atoms with E-state index in [1.54, 1.807) is 20.8 Å². The molecule has 74 heavy (non-hydrogen) atoms. The monoisotopic (exact) mass is 1060 g/mol. The first-order valence-corrected chi connectivity index (χ1v) is 24.9. The van der Waals surface area contributed by atoms with Crippen LogP contribution in [0.25, 0.3) is 0 Å². The number of ether oxygens (including phenoxy) is 6. The number of carboxylic acid groups (broad SMARTS) is 1. The number of hydrogen-bond acceptors (Lipinski definition) is 21. The molecule has 0 spiro atoms. The predicted molar refractivity (Wildman–Crippen MR) is 252 cm³/mol. The van der Waals surface area contributed by atoms with Crippen LogP contribution < -0.4 is 15.4 Å². The highest BCUT2D eigenvalue weighted by molar-refractivity contribution is 8.00. The highest BCUT2D eigenvalue weighted by Crippen LogP contribution is 2.52. The number of esters is 1. The van der Waals surface area contributed by atoms with Crippen LogP contribution >= 0.6 is 11.8 Å². The zero-order valence-electron chi connectivity index (χ0n) is 41.1. The number of aliphatic hydroxyl groups is 3. The number of methoxy groups -OCH3 is 1. The third kappa shape index (κ3) is 11.6. The lowest BCUT2D eigenvalue weighted by Crippen LogP contribution is -2.56. The SMILES string of the molecule is COc1cccc2c1C(=O)c1c(O)c3c(c(O)c1C2=O)C[C@@](O)(C(=O)CO)C[C@@H]3O[C@H]1C[C@H](NC(=O)OCOC(=O)C2CCC(CN3C(=O)CC(SC[C@H](NC(=O)OC(C)(C)C)C(=O)O)C3=O)CC2)[C@H](O)[C@H](C)O1. The molecule has 7 rings (SSSR count). The minimum absolute atomic E-state index is 0.0168. The van der Waals surface area contributed by atoms with Crippen molar-refractivity contribution in [1.82, 2.24) is 15.5 Å². The summed E-state index contributed by atoms with van der Waals surface area (Å²) >= 11 is 0.945. The molecule has 8 atom stereocenters. The molecule has 3 aliphatic carbocycles. The predicted octanol–water partition coefficient (Wildman–Crippen LogP) is 1.91. The number of imide groups is 1. The number of thioether (sulfide) groups is 1. The number of alkyl carbamates (subject to hydrolysis) is 2. The largest absolute Gasteiger partial charge is 0.507 e. The number of hydrogen-bond donors (Lipinski definition) is 8. The number of phenols is 2. The fourth-order valence-corrected chi connectivity index (χ4v) is 11.1. The van der Waals surface area contributed by atoms with E-state index in [1.165, 1.54) is 32.2 Å². The Bertz CT molecular complexity index is 2610. The minimum Gasteiger partial charge on any atom is -0.507 e. The number of rotatable bonds is 16. The topological polar surface area (TPSA) is 358 Å². The summed E-state index contributed by atoms with van der Waals surface area (Å²) in [4.78, 5) is 118. The van der Waals surface area contributed by atoms with E-state index in [-0.39, 0.29) is 59.1 Å². The summed E-state index contributed by atoms with van der Waals surface area (Å²) in [5.74, 6) is -8.22. The van der Waals surface area contributed by atoms with Crippen molar-refractivity contribution in [2.45, 2.75) is 132 Å². The van der Waals surface area contributed by atoms with Gasteiger partial charge in [0, 0.05) is 54.7 Å². The van der Waals surface area contributed by atoms with Crippen LogP contribution in [0.1, 0.15) is 122 Å². The molecular formula is C49H59N3O21S. The van der Waals surface area contributed by atoms with E-state index in [1.807, 2.05) is 0 Å². The molecule has 2 saturated heterocycles. The zero-order valence-corrected chi connectivity index (χ0v) is 41.9. The summed E-state index contributed by atoms with van der Waals surface area (Å²) in [5, 5.41) is 69.4. The first-order chi connectivity index (χ1) is 34.9. The second kappa shape index (κ2) is 22.2. The number of aliphatic carboxylic acids is 1. The Hall–Kier alpha value is -6.38. The molecule has 1 unspecified atom stereocenters. The lowest BCUT2D eigenvalue weighted by Gasteiger charge is -2.42. The van der Waals surface area contributed by atoms with Crippen LogP contribution in [0.4, 0.5) is 9.59 Å². The van der Waals surface area contributed by atoms with Crippen molar-refractivity contribution < 1.29 is 102 Å². The van der Waals surface area contributed by atoms with Gasteiger partial charge in [0.1, 0.15) is 47.2 Å². The molecule has 2 aromatic rings. The summed E-state index contributed by atoms with van der Waals surface area (Å²) in [6.07, 6.45) is -7.69. The zero-order chi connectivity index (χ0) is 54.1. The van der Waals surface area contributed by atoms with Gasteiger partial charge in [-0.2, -0.15) is 0 Å². The van der Waals surface area contributed by atoms with Crippen molar-refractivity contribution in [2.75, 3.05) is 32.8 Å². The molecule has 24 nitrogen and oxygen atoms in total. The van der Waals surface area contributed by atoms with Gasteiger partial charge in [0.2, 0.25) is 24.4 Å². The number of amides is 4. The maximum Gasteiger partial charge on any atom is 0.410 e. The normalized spacial score (nSPS) is 27.0. The molecule has 402 valence electrons. The van der Waals surface area contributed by atoms with Gasteiger partial charge >= 0.3 is 24.1 Å². The molecule has 0 radical (unpaired) electrons. The highest BCUT2D eigenvalue weighted by atomic mass is 32.2. The number of Topliss-reactive ketones (excluding diaryl/α,β-unsaturated/α-hetero) is 1. The molecule has 0 aromatic heterocycles. The van der Waals surface area contributed by atoms with Gasteiger partial charge in [-0.1, -0.05) is 12.1 Å². The van der Waals surface area contributed by atoms with E-state index in [9.17, 15) is 73.8 Å². The number of carbonyl (C=O) groups excluding carboxylic acids is 8. The fraction of sp³-hybridized carbons (Fsp3) is 0.571. The van der Waals surface area contributed by atoms with E-state index in [0.717, 1.165) is 16.7 Å². The lowest BCUT2D eigenvalue weighted by atomic mass is 9.72. The molecule has 1 saturated carbocycles. The number of aromatic hydroxyl groups is 2. The number of aliphatic hydroxyl groups excluding tert-OH is 2. The van der Waals surface area contributed by atoms with Gasteiger partial charge in [0.05, 0.1) is 53.2 Å². The number of nitrogens with zero attached hydrogens (tertiary/aromatic N) is 1. The molecule has 4 amide bonds. The fourth-order valence-electron chi connectivity index (χ4n) is 9.96. The van der Waals surface area contributed by atoms with Crippen LogP contribution in [0.15, 0.2) is 18.2 Å². The molecule has 8 N–H and O–H groups in total. The Kier molecular flexibility index (Phi) is 16.6. The third-order valence-electron chi connectivity index (χ3n) is 13.7. The van der Waals surface area contributed by atoms with Crippen molar-refractivity contribution in [3.63, 3.8) is 0 Å². The highest BCUT2D eigenvalue weighted by Gasteiger charge is 2.51. The van der Waals surface area contributed by atoms with Gasteiger partial charge in [-0.3, -0.25) is 33.7 Å². The van der Waals surface area contributed by atoms with E-state index < -0.39 is 161 Å². The van der Waals surface area contributed by atoms with Crippen LogP contribution in [0.5, 0.6) is 17.2 Å². The number of fused-ring (bicyclic) bond motifs is 3. The van der Waals surface area contributed by atoms with Crippen LogP contribution in [0.3, 0.4) is 0 Å². The van der Waals surface area contributed by atoms with Crippen molar-refractivity contribution in [3.05, 3.63) is 51.6 Å². The molecule has 2 heterocycles. The van der Waals surface area contributed by atoms with Crippen LogP contribution in [0.2, 0.25) is 0 Å². The molecule has 3 fully saturated rings. The van der Waals surface area contributed by atoms with E-state index in [0.29, 0.717) is 25.7 Å². The third-order valence-corrected chi connectivity index (χ3v) is 15.0. The van der Waals surface area contributed by atoms with Gasteiger partial charge in [-0.15, -0.1) is 11.8 Å². The Morgan fingerprint density at radius 3 is 2.30 bits per heavy atom. The summed E-state index contributed by atoms with van der Waals surface area (Å²) in [5.41, 5.74) is -5.34. The smallest absolute Gasteiger partial charge is 0.410 e. The first kappa shape index (κ1) is 55.4. The Labute approximate surface area is 427 Å². The maximum absolute atomic E-state index is 14.0. The Morgan fingerprint density at radius 2 is 1.65 bits per heavy atom. The molecule has 0 bridgehead atoms. The Balaban J connectivity index is 0.915. The quantitative estimate of drug-likeness (QED) is 0.0439. The Morgan fingerprint density at radius 1 is 0.959 bits per heavy atom. The average Bonchev–Trinajstić information content (AvgIpc) is 3.60. The van der Waals surface area contributed by atoms with Gasteiger partial charge in [-0.25, -0.2) is 14.4 Å². The summed E-state index contributed by atoms with van der Waals surface area (Å²) in [6, 6.07) is 1.68. The van der Waals surface area contributed by atoms with E-state index >= 15 is 0 Å². The van der Waals surface area contributed by atoms with E-state index in [4.69, 9.17) is 28.4 Å². The number of carbonyl (C=O) groups is 9. The second-order valence-corrected chi connectivity index (χ2v) is 21.1. The standard InChI is InChI=1S/C49H59N3O21S/c1-21-38(56)26(13-33(71-21)72-29-16-49(67,31(54)18-53)15-25-35(29)42(60)37-36(40(25)58)39(57)24-7-6-8-28(68-5)34(24)41(37)59)50-46(65)70-20-69-45(64)23-11-9-22(10-12-23)17-52-32(55)14-30(43(52)61)74-19-27(44(62)63)51-47(66)73-48(2,3)4/h6-8,21-23,26-27,29-30,33,38,53,56,58,60,67H,9-20H2,1-5H3,(H,50,65)(H,51,66)(H,62,63)/t21-,22?,23?,26-,27-,29-,30?,33-,38+,49-/m0/s1. The van der Waals surface area contributed by atoms with Gasteiger partial charge in [0.15, 0.2) is 17.9 Å². The van der Waals surface area contributed by atoms with Crippen molar-refractivity contribution in [3.8, 4) is 17.2 Å². The van der Waals surface area contributed by atoms with Crippen LogP contribution in [-0.2, 0) is 54.1 Å². The minimum atomic E-state index is -2.42. The molecule has 5 aliphatic rings. The number of carboxylic acids is 1. The van der Waals surface area contributed by atoms with Gasteiger partial charge < -0.3 is 69.7 Å². The number of nitrogens with one attached hydrogen (secondary N) is 2. The summed E-state index contributed by atoms with van der Waals surface area (Å²) in [6.45, 7) is 4.45. The number of phenolic OH excluding ortho intramolecular Hbond substituents is 2. The summed E-state index contributed by atoms with van der Waals surface area (Å²) in [7, 11) is 1.28. The number of benzene rings is 2. The second-order valence-electron chi connectivity index (χ2n) is 19.9. The molecular weight excluding hydrogens is 999 g/mol. The molecule has 2 aromatic carbocycles. The van der Waals surface area contributed by atoms with Crippen molar-refractivity contribution in [2.24, 2.45) is 11.8 Å². The lowest BCUT2D eigenvalue weighted by molar-refractivity contribution is -0.249. The maximum atomic E-state index is 14.0. The molecule has 25 heteroatoms. The first-order valence-electron chi connectivity index (χ1n) is 23.9. The van der Waals surface area contributed by atoms with E-state index in [2.05, 4.69) is 10.6 Å². The summed E-state index contributed by atoms with van der Waals surface area (Å²) < 4.78 is 32.9. The van der Waals surface area contributed by atoms with Crippen molar-refractivity contribution in [1.29, 1.82) is 0 Å². The van der Waals surface area contributed by atoms with Gasteiger partial charge in [-0.05, 0) is 65.4 Å².